The van der Waals surface area contributed by atoms with Gasteiger partial charge in [-0.1, -0.05) is 68.3 Å². The number of nitrogens with one attached hydrogen (secondary N) is 3. The van der Waals surface area contributed by atoms with Gasteiger partial charge in [-0.25, -0.2) is 13.1 Å². The molecule has 0 bridgehead atoms. The number of para-hydroxylation sites is 1. The van der Waals surface area contributed by atoms with Crippen LogP contribution >= 0.6 is 0 Å². The average Bonchev–Trinajstić information content (AvgIpc) is 3.37. The number of hydrogen-bond acceptors (Lipinski definition) is 4. The number of sulfonamides is 1. The highest BCUT2D eigenvalue weighted by atomic mass is 32.2. The highest BCUT2D eigenvalue weighted by molar-refractivity contribution is 7.89. The lowest BCUT2D eigenvalue weighted by molar-refractivity contribution is 0.102. The number of carbonyl (C=O) groups excluding carboxylic acids is 1. The molecular formula is C33H34N4O3S. The number of aromatic amines is 1. The summed E-state index contributed by atoms with van der Waals surface area (Å²) in [6, 6.07) is 27.9. The van der Waals surface area contributed by atoms with Crippen molar-refractivity contribution in [3.63, 3.8) is 0 Å². The molecule has 3 aromatic carbocycles. The molecule has 5 aromatic rings. The lowest BCUT2D eigenvalue weighted by atomic mass is 10.0. The van der Waals surface area contributed by atoms with Crippen molar-refractivity contribution in [2.24, 2.45) is 0 Å². The zero-order valence-corrected chi connectivity index (χ0v) is 23.9. The fraction of sp³-hybridized carbons (Fsp3) is 0.212. The molecule has 0 aliphatic carbocycles. The first-order valence-electron chi connectivity index (χ1n) is 14.0. The summed E-state index contributed by atoms with van der Waals surface area (Å²) in [5.41, 5.74) is 5.86. The molecule has 0 fully saturated rings. The van der Waals surface area contributed by atoms with Crippen LogP contribution in [0.3, 0.4) is 0 Å². The first kappa shape index (κ1) is 28.3. The number of aryl methyl sites for hydroxylation is 1. The summed E-state index contributed by atoms with van der Waals surface area (Å²) < 4.78 is 28.9. The van der Waals surface area contributed by atoms with Crippen LogP contribution in [0.1, 0.15) is 47.8 Å². The minimum atomic E-state index is -3.65. The fourth-order valence-corrected chi connectivity index (χ4v) is 5.99. The smallest absolute Gasteiger partial charge is 0.274 e. The molecule has 0 saturated carbocycles. The third-order valence-electron chi connectivity index (χ3n) is 7.09. The molecule has 41 heavy (non-hydrogen) atoms. The molecular weight excluding hydrogens is 532 g/mol. The molecule has 0 aliphatic rings. The third-order valence-corrected chi connectivity index (χ3v) is 8.57. The molecule has 8 heteroatoms. The van der Waals surface area contributed by atoms with Crippen molar-refractivity contribution in [2.45, 2.75) is 43.9 Å². The molecule has 210 valence electrons. The predicted molar refractivity (Wildman–Crippen MR) is 164 cm³/mol. The number of benzene rings is 3. The average molecular weight is 567 g/mol. The van der Waals surface area contributed by atoms with Crippen molar-refractivity contribution >= 4 is 32.5 Å². The Balaban J connectivity index is 1.33. The van der Waals surface area contributed by atoms with Crippen LogP contribution in [-0.4, -0.2) is 30.8 Å². The maximum atomic E-state index is 13.1. The van der Waals surface area contributed by atoms with Crippen molar-refractivity contribution in [1.29, 1.82) is 0 Å². The number of pyridine rings is 1. The Labute approximate surface area is 241 Å². The summed E-state index contributed by atoms with van der Waals surface area (Å²) in [5.74, 6) is -0.289. The monoisotopic (exact) mass is 566 g/mol. The van der Waals surface area contributed by atoms with E-state index in [1.54, 1.807) is 36.5 Å². The van der Waals surface area contributed by atoms with E-state index >= 15 is 0 Å². The van der Waals surface area contributed by atoms with Gasteiger partial charge in [-0.3, -0.25) is 9.78 Å². The molecule has 0 saturated heterocycles. The Bertz CT molecular complexity index is 1730. The zero-order chi connectivity index (χ0) is 28.7. The van der Waals surface area contributed by atoms with Crippen LogP contribution in [0, 0.1) is 0 Å². The van der Waals surface area contributed by atoms with Crippen LogP contribution in [0.15, 0.2) is 102 Å². The van der Waals surface area contributed by atoms with Crippen molar-refractivity contribution in [3.05, 3.63) is 114 Å². The van der Waals surface area contributed by atoms with E-state index in [0.29, 0.717) is 17.8 Å². The molecule has 0 radical (unpaired) electrons. The minimum Gasteiger partial charge on any atom is -0.354 e. The van der Waals surface area contributed by atoms with Gasteiger partial charge in [-0.05, 0) is 72.9 Å². The van der Waals surface area contributed by atoms with Crippen LogP contribution in [0.4, 0.5) is 5.69 Å². The van der Waals surface area contributed by atoms with E-state index < -0.39 is 10.0 Å². The number of unbranched alkanes of at least 4 members (excludes halogenated alkanes) is 2. The first-order chi connectivity index (χ1) is 19.9. The molecule has 3 N–H and O–H groups in total. The van der Waals surface area contributed by atoms with E-state index in [9.17, 15) is 13.2 Å². The van der Waals surface area contributed by atoms with Crippen LogP contribution in [0.25, 0.3) is 22.2 Å². The second-order valence-electron chi connectivity index (χ2n) is 10.0. The molecule has 7 nitrogen and oxygen atoms in total. The van der Waals surface area contributed by atoms with Gasteiger partial charge >= 0.3 is 0 Å². The second-order valence-corrected chi connectivity index (χ2v) is 11.8. The summed E-state index contributed by atoms with van der Waals surface area (Å²) in [6.07, 6.45) is 6.45. The SMILES string of the molecule is CCCCCc1ccc(S(=O)(=O)NCCc2c(-c3cccc(NC(=O)c4ccccn4)c3)[nH]c3ccccc23)cc1. The number of fused-ring (bicyclic) bond motifs is 1. The van der Waals surface area contributed by atoms with Gasteiger partial charge in [0, 0.05) is 40.6 Å². The lowest BCUT2D eigenvalue weighted by Crippen LogP contribution is -2.26. The second kappa shape index (κ2) is 12.9. The number of amides is 1. The van der Waals surface area contributed by atoms with E-state index in [1.807, 2.05) is 60.7 Å². The van der Waals surface area contributed by atoms with E-state index in [2.05, 4.69) is 26.9 Å². The Morgan fingerprint density at radius 2 is 1.68 bits per heavy atom. The summed E-state index contributed by atoms with van der Waals surface area (Å²) in [7, 11) is -3.65. The molecule has 0 unspecified atom stereocenters. The highest BCUT2D eigenvalue weighted by Crippen LogP contribution is 2.32. The topological polar surface area (TPSA) is 104 Å². The van der Waals surface area contributed by atoms with E-state index in [1.165, 1.54) is 6.42 Å². The Hall–Kier alpha value is -4.27. The maximum Gasteiger partial charge on any atom is 0.274 e. The number of H-pyrrole nitrogens is 1. The summed E-state index contributed by atoms with van der Waals surface area (Å²) in [5, 5.41) is 3.94. The van der Waals surface area contributed by atoms with Gasteiger partial charge in [-0.15, -0.1) is 0 Å². The van der Waals surface area contributed by atoms with Crippen molar-refractivity contribution in [3.8, 4) is 11.3 Å². The third kappa shape index (κ3) is 6.90. The van der Waals surface area contributed by atoms with Gasteiger partial charge in [-0.2, -0.15) is 0 Å². The quantitative estimate of drug-likeness (QED) is 0.146. The number of rotatable bonds is 12. The zero-order valence-electron chi connectivity index (χ0n) is 23.1. The van der Waals surface area contributed by atoms with Gasteiger partial charge < -0.3 is 10.3 Å². The minimum absolute atomic E-state index is 0.242. The summed E-state index contributed by atoms with van der Waals surface area (Å²) in [4.78, 5) is 20.5. The number of aromatic nitrogens is 2. The van der Waals surface area contributed by atoms with E-state index in [4.69, 9.17) is 0 Å². The van der Waals surface area contributed by atoms with Crippen molar-refractivity contribution < 1.29 is 13.2 Å². The summed E-state index contributed by atoms with van der Waals surface area (Å²) in [6.45, 7) is 2.41. The molecule has 2 aromatic heterocycles. The predicted octanol–water partition coefficient (Wildman–Crippen LogP) is 6.74. The fourth-order valence-electron chi connectivity index (χ4n) is 4.96. The van der Waals surface area contributed by atoms with E-state index in [0.717, 1.165) is 52.5 Å². The molecule has 1 amide bonds. The van der Waals surface area contributed by atoms with Crippen LogP contribution in [0.5, 0.6) is 0 Å². The van der Waals surface area contributed by atoms with Crippen molar-refractivity contribution in [1.82, 2.24) is 14.7 Å². The van der Waals surface area contributed by atoms with Crippen LogP contribution in [-0.2, 0) is 22.9 Å². The number of hydrogen-bond donors (Lipinski definition) is 3. The standard InChI is InChI=1S/C33H34N4O3S/c1-2-3-4-10-24-16-18-27(19-17-24)41(39,40)35-22-20-29-28-13-5-6-14-30(28)37-32(29)25-11-9-12-26(23-25)36-33(38)31-15-7-8-21-34-31/h5-9,11-19,21,23,35,37H,2-4,10,20,22H2,1H3,(H,36,38). The number of carbonyl (C=O) groups is 1. The highest BCUT2D eigenvalue weighted by Gasteiger charge is 2.17. The maximum absolute atomic E-state index is 13.1. The number of anilines is 1. The molecule has 0 spiro atoms. The summed E-state index contributed by atoms with van der Waals surface area (Å²) >= 11 is 0. The Kier molecular flexibility index (Phi) is 8.91. The first-order valence-corrected chi connectivity index (χ1v) is 15.4. The largest absolute Gasteiger partial charge is 0.354 e. The van der Waals surface area contributed by atoms with Gasteiger partial charge in [0.15, 0.2) is 0 Å². The van der Waals surface area contributed by atoms with E-state index in [-0.39, 0.29) is 17.3 Å². The Morgan fingerprint density at radius 3 is 2.46 bits per heavy atom. The molecule has 5 rings (SSSR count). The molecule has 2 heterocycles. The van der Waals surface area contributed by atoms with Crippen molar-refractivity contribution in [2.75, 3.05) is 11.9 Å². The van der Waals surface area contributed by atoms with Gasteiger partial charge in [0.25, 0.3) is 5.91 Å². The van der Waals surface area contributed by atoms with Gasteiger partial charge in [0.1, 0.15) is 5.69 Å². The van der Waals surface area contributed by atoms with Crippen LogP contribution in [0.2, 0.25) is 0 Å². The molecule has 0 aliphatic heterocycles. The van der Waals surface area contributed by atoms with Crippen LogP contribution < -0.4 is 10.0 Å². The lowest BCUT2D eigenvalue weighted by Gasteiger charge is -2.10. The van der Waals surface area contributed by atoms with Gasteiger partial charge in [0.2, 0.25) is 10.0 Å². The van der Waals surface area contributed by atoms with Gasteiger partial charge in [0.05, 0.1) is 4.90 Å². The number of nitrogens with zero attached hydrogens (tertiary/aromatic N) is 1. The molecule has 0 atom stereocenters. The Morgan fingerprint density at radius 1 is 0.878 bits per heavy atom. The normalized spacial score (nSPS) is 11.5.